The molecule has 9 heteroatoms. The van der Waals surface area contributed by atoms with Gasteiger partial charge in [0.1, 0.15) is 18.2 Å². The summed E-state index contributed by atoms with van der Waals surface area (Å²) in [5.74, 6) is -0.126. The summed E-state index contributed by atoms with van der Waals surface area (Å²) in [5.41, 5.74) is 6.80. The fourth-order valence-electron chi connectivity index (χ4n) is 2.31. The van der Waals surface area contributed by atoms with Gasteiger partial charge in [-0.25, -0.2) is 9.98 Å². The van der Waals surface area contributed by atoms with Crippen LogP contribution < -0.4 is 11.1 Å². The normalized spacial score (nSPS) is 16.4. The Hall–Kier alpha value is -3.23. The van der Waals surface area contributed by atoms with Crippen LogP contribution in [0, 0.1) is 13.8 Å². The lowest BCUT2D eigenvalue weighted by Crippen LogP contribution is -2.28. The van der Waals surface area contributed by atoms with Gasteiger partial charge >= 0.3 is 0 Å². The Morgan fingerprint density at radius 2 is 2.21 bits per heavy atom. The standard InChI is InChI=1S/C15H16N6O3/c1-7-5-9(3-4-17-7)15-20-10(6-24-15)14(23)21-13-11(12(16)22)18-8(2)19-13/h3-5,10H,6H2,1-2H3,(H2,16,22)(H,18,19)(H,21,23). The molecule has 1 atom stereocenters. The molecule has 2 aromatic rings. The molecule has 3 rings (SSSR count). The molecule has 0 aromatic carbocycles. The van der Waals surface area contributed by atoms with Crippen molar-refractivity contribution in [1.82, 2.24) is 15.0 Å². The van der Waals surface area contributed by atoms with E-state index in [0.717, 1.165) is 11.3 Å². The molecule has 0 saturated heterocycles. The van der Waals surface area contributed by atoms with Crippen LogP contribution in [0.3, 0.4) is 0 Å². The minimum Gasteiger partial charge on any atom is -0.475 e. The van der Waals surface area contributed by atoms with E-state index in [2.05, 4.69) is 25.3 Å². The number of H-pyrrole nitrogens is 1. The number of hydrogen-bond donors (Lipinski definition) is 3. The molecule has 1 unspecified atom stereocenters. The van der Waals surface area contributed by atoms with E-state index >= 15 is 0 Å². The van der Waals surface area contributed by atoms with Crippen LogP contribution in [0.2, 0.25) is 0 Å². The van der Waals surface area contributed by atoms with E-state index in [9.17, 15) is 9.59 Å². The van der Waals surface area contributed by atoms with Gasteiger partial charge in [0.2, 0.25) is 5.90 Å². The molecule has 0 fully saturated rings. The van der Waals surface area contributed by atoms with E-state index in [0.29, 0.717) is 11.7 Å². The highest BCUT2D eigenvalue weighted by Gasteiger charge is 2.28. The minimum atomic E-state index is -0.728. The number of aryl methyl sites for hydroxylation is 2. The van der Waals surface area contributed by atoms with Gasteiger partial charge in [-0.2, -0.15) is 0 Å². The smallest absolute Gasteiger partial charge is 0.271 e. The van der Waals surface area contributed by atoms with Crippen molar-refractivity contribution in [2.75, 3.05) is 11.9 Å². The Labute approximate surface area is 137 Å². The Balaban J connectivity index is 1.76. The van der Waals surface area contributed by atoms with Gasteiger partial charge in [-0.05, 0) is 26.0 Å². The van der Waals surface area contributed by atoms with E-state index in [1.807, 2.05) is 13.0 Å². The third kappa shape index (κ3) is 3.09. The Kier molecular flexibility index (Phi) is 3.98. The van der Waals surface area contributed by atoms with Crippen molar-refractivity contribution in [3.63, 3.8) is 0 Å². The second-order valence-electron chi connectivity index (χ2n) is 5.35. The number of aromatic amines is 1. The Morgan fingerprint density at radius 3 is 2.92 bits per heavy atom. The lowest BCUT2D eigenvalue weighted by molar-refractivity contribution is -0.117. The molecule has 0 spiro atoms. The van der Waals surface area contributed by atoms with E-state index in [4.69, 9.17) is 10.5 Å². The third-order valence-electron chi connectivity index (χ3n) is 3.40. The highest BCUT2D eigenvalue weighted by atomic mass is 16.5. The van der Waals surface area contributed by atoms with Gasteiger partial charge < -0.3 is 20.8 Å². The summed E-state index contributed by atoms with van der Waals surface area (Å²) in [6.07, 6.45) is 1.65. The molecular weight excluding hydrogens is 312 g/mol. The first-order valence-corrected chi connectivity index (χ1v) is 7.25. The van der Waals surface area contributed by atoms with Crippen LogP contribution in [0.1, 0.15) is 27.6 Å². The van der Waals surface area contributed by atoms with Crippen LogP contribution in [-0.2, 0) is 9.53 Å². The van der Waals surface area contributed by atoms with Crippen molar-refractivity contribution in [1.29, 1.82) is 0 Å². The predicted molar refractivity (Wildman–Crippen MR) is 85.7 cm³/mol. The number of amides is 2. The van der Waals surface area contributed by atoms with Crippen molar-refractivity contribution < 1.29 is 14.3 Å². The second kappa shape index (κ2) is 6.11. The molecule has 0 saturated carbocycles. The summed E-state index contributed by atoms with van der Waals surface area (Å²) in [6.45, 7) is 3.62. The summed E-state index contributed by atoms with van der Waals surface area (Å²) in [7, 11) is 0. The SMILES string of the molecule is Cc1cc(C2=NC(C(=O)Nc3[nH]c(C)nc3C(N)=O)CO2)ccn1. The van der Waals surface area contributed by atoms with Gasteiger partial charge in [0, 0.05) is 17.5 Å². The number of carbonyl (C=O) groups is 2. The number of nitrogens with one attached hydrogen (secondary N) is 2. The number of aliphatic imine (C=N–C) groups is 1. The maximum absolute atomic E-state index is 12.3. The molecule has 0 bridgehead atoms. The molecule has 2 aromatic heterocycles. The minimum absolute atomic E-state index is 0.0197. The largest absolute Gasteiger partial charge is 0.475 e. The van der Waals surface area contributed by atoms with E-state index in [1.165, 1.54) is 0 Å². The van der Waals surface area contributed by atoms with Gasteiger partial charge in [0.25, 0.3) is 11.8 Å². The number of pyridine rings is 1. The number of primary amides is 1. The lowest BCUT2D eigenvalue weighted by Gasteiger charge is -2.06. The average molecular weight is 328 g/mol. The van der Waals surface area contributed by atoms with Gasteiger partial charge in [-0.15, -0.1) is 0 Å². The molecule has 2 amide bonds. The molecule has 4 N–H and O–H groups in total. The average Bonchev–Trinajstić information content (AvgIpc) is 3.14. The van der Waals surface area contributed by atoms with E-state index in [-0.39, 0.29) is 18.1 Å². The monoisotopic (exact) mass is 328 g/mol. The molecule has 0 radical (unpaired) electrons. The van der Waals surface area contributed by atoms with Crippen molar-refractivity contribution >= 4 is 23.5 Å². The summed E-state index contributed by atoms with van der Waals surface area (Å²) in [4.78, 5) is 38.8. The number of aromatic nitrogens is 3. The summed E-state index contributed by atoms with van der Waals surface area (Å²) in [6, 6.07) is 2.86. The number of carbonyl (C=O) groups excluding carboxylic acids is 2. The topological polar surface area (TPSA) is 135 Å². The van der Waals surface area contributed by atoms with Crippen LogP contribution in [-0.4, -0.2) is 45.3 Å². The molecule has 1 aliphatic heterocycles. The van der Waals surface area contributed by atoms with Crippen LogP contribution in [0.4, 0.5) is 5.82 Å². The van der Waals surface area contributed by atoms with Crippen LogP contribution >= 0.6 is 0 Å². The summed E-state index contributed by atoms with van der Waals surface area (Å²) in [5, 5.41) is 2.58. The number of anilines is 1. The van der Waals surface area contributed by atoms with Crippen LogP contribution in [0.15, 0.2) is 23.3 Å². The van der Waals surface area contributed by atoms with Crippen LogP contribution in [0.25, 0.3) is 0 Å². The van der Waals surface area contributed by atoms with Gasteiger partial charge in [-0.3, -0.25) is 14.6 Å². The number of rotatable bonds is 4. The molecule has 124 valence electrons. The Morgan fingerprint density at radius 1 is 1.42 bits per heavy atom. The summed E-state index contributed by atoms with van der Waals surface area (Å²) < 4.78 is 5.49. The van der Waals surface area contributed by atoms with Crippen LogP contribution in [0.5, 0.6) is 0 Å². The van der Waals surface area contributed by atoms with Gasteiger partial charge in [-0.1, -0.05) is 0 Å². The molecule has 3 heterocycles. The third-order valence-corrected chi connectivity index (χ3v) is 3.40. The lowest BCUT2D eigenvalue weighted by atomic mass is 10.2. The molecule has 24 heavy (non-hydrogen) atoms. The van der Waals surface area contributed by atoms with Crippen molar-refractivity contribution in [2.24, 2.45) is 10.7 Å². The Bertz CT molecular complexity index is 841. The van der Waals surface area contributed by atoms with E-state index < -0.39 is 17.9 Å². The zero-order valence-corrected chi connectivity index (χ0v) is 13.2. The van der Waals surface area contributed by atoms with Crippen molar-refractivity contribution in [3.05, 3.63) is 41.1 Å². The maximum Gasteiger partial charge on any atom is 0.271 e. The first kappa shape index (κ1) is 15.7. The van der Waals surface area contributed by atoms with Gasteiger partial charge in [0.05, 0.1) is 0 Å². The first-order chi connectivity index (χ1) is 11.4. The number of ether oxygens (including phenoxy) is 1. The quantitative estimate of drug-likeness (QED) is 0.742. The second-order valence-corrected chi connectivity index (χ2v) is 5.35. The zero-order chi connectivity index (χ0) is 17.3. The van der Waals surface area contributed by atoms with Crippen molar-refractivity contribution in [3.8, 4) is 0 Å². The maximum atomic E-state index is 12.3. The zero-order valence-electron chi connectivity index (χ0n) is 13.2. The van der Waals surface area contributed by atoms with Gasteiger partial charge in [0.15, 0.2) is 11.7 Å². The van der Waals surface area contributed by atoms with Crippen molar-refractivity contribution in [2.45, 2.75) is 19.9 Å². The fraction of sp³-hybridized carbons (Fsp3) is 0.267. The van der Waals surface area contributed by atoms with E-state index in [1.54, 1.807) is 19.2 Å². The number of nitrogens with two attached hydrogens (primary N) is 1. The summed E-state index contributed by atoms with van der Waals surface area (Å²) >= 11 is 0. The molecular formula is C15H16N6O3. The highest BCUT2D eigenvalue weighted by molar-refractivity contribution is 6.04. The molecule has 9 nitrogen and oxygen atoms in total. The number of hydrogen-bond acceptors (Lipinski definition) is 6. The highest BCUT2D eigenvalue weighted by Crippen LogP contribution is 2.16. The predicted octanol–water partition coefficient (Wildman–Crippen LogP) is 0.305. The first-order valence-electron chi connectivity index (χ1n) is 7.25. The number of imidazole rings is 1. The number of nitrogens with zero attached hydrogens (tertiary/aromatic N) is 3. The fourth-order valence-corrected chi connectivity index (χ4v) is 2.31. The molecule has 1 aliphatic rings. The molecule has 0 aliphatic carbocycles.